The number of benzene rings is 2. The first kappa shape index (κ1) is 27.7. The van der Waals surface area contributed by atoms with Gasteiger partial charge < -0.3 is 5.73 Å². The molecule has 3 rings (SSSR count). The Morgan fingerprint density at radius 2 is 1.40 bits per heavy atom. The van der Waals surface area contributed by atoms with Crippen LogP contribution in [0.25, 0.3) is 11.1 Å². The molecular weight excluding hydrogens is 499 g/mol. The Balaban J connectivity index is 0.000000279. The van der Waals surface area contributed by atoms with Gasteiger partial charge in [-0.15, -0.1) is 35.9 Å². The first-order valence-electron chi connectivity index (χ1n) is 10.8. The quantitative estimate of drug-likeness (QED) is 0.176. The number of rotatable bonds is 2. The van der Waals surface area contributed by atoms with Crippen molar-refractivity contribution in [1.29, 1.82) is 0 Å². The van der Waals surface area contributed by atoms with Crippen LogP contribution in [0.4, 0.5) is 5.69 Å². The van der Waals surface area contributed by atoms with Crippen molar-refractivity contribution in [2.24, 2.45) is 0 Å². The van der Waals surface area contributed by atoms with E-state index < -0.39 is 0 Å². The molecule has 2 N–H and O–H groups in total. The van der Waals surface area contributed by atoms with E-state index in [9.17, 15) is 0 Å². The normalized spacial score (nSPS) is 15.0. The van der Waals surface area contributed by atoms with E-state index in [1.807, 2.05) is 48.5 Å². The summed E-state index contributed by atoms with van der Waals surface area (Å²) in [6.45, 7) is 14.7. The molecule has 0 aromatic heterocycles. The molecule has 1 aliphatic carbocycles. The topological polar surface area (TPSA) is 26.0 Å². The monoisotopic (exact) mass is 537 g/mol. The van der Waals surface area contributed by atoms with Crippen molar-refractivity contribution in [3.8, 4) is 11.1 Å². The third kappa shape index (κ3) is 9.01. The van der Waals surface area contributed by atoms with Gasteiger partial charge in [-0.05, 0) is 40.6 Å². The van der Waals surface area contributed by atoms with Crippen molar-refractivity contribution in [3.05, 3.63) is 54.6 Å². The summed E-state index contributed by atoms with van der Waals surface area (Å²) in [5.41, 5.74) is 9.75. The van der Waals surface area contributed by atoms with E-state index >= 15 is 0 Å². The van der Waals surface area contributed by atoms with Gasteiger partial charge in [0.1, 0.15) is 0 Å². The molecule has 170 valence electrons. The van der Waals surface area contributed by atoms with E-state index in [1.165, 1.54) is 32.1 Å². The standard InChI is InChI=1S/C14H29P.C12H10N.ClH.Pd/c1-13(2,3)15(14(4,5)6)12-10-8-7-9-11-12;13-12-9-5-4-8-11(12)10-6-2-1-3-7-10;;/h12H,7-11H2,1-6H3;1-6,8-9H,13H2;1H;/q;-1;;+2/p-1. The predicted octanol–water partition coefficient (Wildman–Crippen LogP) is 8.82. The third-order valence-electron chi connectivity index (χ3n) is 5.35. The number of hydrogen-bond acceptors (Lipinski definition) is 1. The van der Waals surface area contributed by atoms with Gasteiger partial charge in [0, 0.05) is 0 Å². The summed E-state index contributed by atoms with van der Waals surface area (Å²) in [5, 5.41) is 1.05. The first-order valence-corrected chi connectivity index (χ1v) is 14.2. The number of nitrogen functional groups attached to an aromatic ring is 1. The van der Waals surface area contributed by atoms with Gasteiger partial charge in [0.25, 0.3) is 0 Å². The molecule has 1 saturated carbocycles. The van der Waals surface area contributed by atoms with Gasteiger partial charge >= 0.3 is 27.7 Å². The van der Waals surface area contributed by atoms with Crippen LogP contribution in [0.1, 0.15) is 73.6 Å². The Bertz CT molecular complexity index is 702. The van der Waals surface area contributed by atoms with Crippen LogP contribution >= 0.6 is 17.5 Å². The number of hydrogen-bond donors (Lipinski definition) is 1. The molecule has 1 fully saturated rings. The summed E-state index contributed by atoms with van der Waals surface area (Å²) in [4.78, 5) is 0. The van der Waals surface area contributed by atoms with Crippen LogP contribution in [0, 0.1) is 6.07 Å². The molecule has 2 aromatic carbocycles. The Morgan fingerprint density at radius 3 is 1.87 bits per heavy atom. The first-order chi connectivity index (χ1) is 14.1. The minimum atomic E-state index is 0.139. The molecule has 30 heavy (non-hydrogen) atoms. The number of halogens is 1. The fraction of sp³-hybridized carbons (Fsp3) is 0.538. The molecule has 1 nitrogen and oxygen atoms in total. The number of anilines is 1. The maximum atomic E-state index is 5.83. The maximum absolute atomic E-state index is 5.83. The van der Waals surface area contributed by atoms with Gasteiger partial charge in [-0.25, -0.2) is 0 Å². The van der Waals surface area contributed by atoms with Crippen LogP contribution in [0.5, 0.6) is 0 Å². The molecule has 0 aliphatic heterocycles. The van der Waals surface area contributed by atoms with Crippen molar-refractivity contribution in [3.63, 3.8) is 0 Å². The number of nitrogens with two attached hydrogens (primary N) is 1. The van der Waals surface area contributed by atoms with Gasteiger partial charge in [-0.2, -0.15) is 0 Å². The van der Waals surface area contributed by atoms with E-state index in [4.69, 9.17) is 5.73 Å². The fourth-order valence-electron chi connectivity index (χ4n) is 4.74. The average Bonchev–Trinajstić information content (AvgIpc) is 2.70. The summed E-state index contributed by atoms with van der Waals surface area (Å²) in [6.07, 6.45) is 7.44. The molecular formula is C26H39ClNPPd. The second kappa shape index (κ2) is 13.2. The second-order valence-corrected chi connectivity index (χ2v) is 14.0. The molecule has 0 amide bonds. The van der Waals surface area contributed by atoms with Crippen molar-refractivity contribution < 1.29 is 18.2 Å². The molecule has 0 spiro atoms. The fourth-order valence-corrected chi connectivity index (χ4v) is 9.83. The Hall–Kier alpha value is -0.378. The number of para-hydroxylation sites is 1. The van der Waals surface area contributed by atoms with E-state index in [2.05, 4.69) is 75.3 Å². The molecule has 0 bridgehead atoms. The van der Waals surface area contributed by atoms with Gasteiger partial charge in [0.2, 0.25) is 0 Å². The zero-order valence-corrected chi connectivity index (χ0v) is 22.7. The van der Waals surface area contributed by atoms with E-state index in [0.717, 1.165) is 22.5 Å². The van der Waals surface area contributed by atoms with Crippen LogP contribution in [-0.4, -0.2) is 16.0 Å². The minimum absolute atomic E-state index is 0.139. The van der Waals surface area contributed by atoms with Crippen LogP contribution in [0.2, 0.25) is 0 Å². The Kier molecular flexibility index (Phi) is 12.2. The van der Waals surface area contributed by atoms with Crippen molar-refractivity contribution in [2.45, 2.75) is 89.6 Å². The second-order valence-electron chi connectivity index (χ2n) is 9.87. The summed E-state index contributed by atoms with van der Waals surface area (Å²) in [7, 11) is 4.63. The van der Waals surface area contributed by atoms with E-state index in [1.54, 1.807) is 0 Å². The SMILES string of the molecule is CC(C)(C)P(C1CCCCC1)C(C)(C)C.Nc1ccccc1-c1[c-]cccc1.[Cl][Pd+]. The molecule has 0 unspecified atom stereocenters. The zero-order valence-electron chi connectivity index (χ0n) is 19.5. The Labute approximate surface area is 201 Å². The van der Waals surface area contributed by atoms with Crippen LogP contribution in [-0.2, 0) is 18.2 Å². The summed E-state index contributed by atoms with van der Waals surface area (Å²) >= 11 is 2.22. The van der Waals surface area contributed by atoms with Gasteiger partial charge in [0.05, 0.1) is 0 Å². The van der Waals surface area contributed by atoms with Crippen LogP contribution < -0.4 is 5.73 Å². The molecule has 0 saturated heterocycles. The third-order valence-corrected chi connectivity index (χ3v) is 9.48. The molecule has 0 atom stereocenters. The van der Waals surface area contributed by atoms with Gasteiger partial charge in [-0.1, -0.05) is 92.5 Å². The summed E-state index contributed by atoms with van der Waals surface area (Å²) in [6, 6.07) is 18.8. The Morgan fingerprint density at radius 1 is 0.867 bits per heavy atom. The predicted molar refractivity (Wildman–Crippen MR) is 134 cm³/mol. The van der Waals surface area contributed by atoms with Crippen molar-refractivity contribution in [2.75, 3.05) is 5.73 Å². The van der Waals surface area contributed by atoms with Crippen LogP contribution in [0.15, 0.2) is 48.5 Å². The van der Waals surface area contributed by atoms with Crippen molar-refractivity contribution in [1.82, 2.24) is 0 Å². The van der Waals surface area contributed by atoms with Crippen LogP contribution in [0.3, 0.4) is 0 Å². The van der Waals surface area contributed by atoms with Crippen molar-refractivity contribution >= 4 is 23.1 Å². The summed E-state index contributed by atoms with van der Waals surface area (Å²) in [5.74, 6) is 0. The van der Waals surface area contributed by atoms with Gasteiger partial charge in [0.15, 0.2) is 0 Å². The summed E-state index contributed by atoms with van der Waals surface area (Å²) < 4.78 is 0. The van der Waals surface area contributed by atoms with E-state index in [-0.39, 0.29) is 7.92 Å². The molecule has 0 heterocycles. The average molecular weight is 538 g/mol. The van der Waals surface area contributed by atoms with Gasteiger partial charge in [-0.3, -0.25) is 0 Å². The molecule has 2 aromatic rings. The molecule has 1 aliphatic rings. The molecule has 4 heteroatoms. The van der Waals surface area contributed by atoms with E-state index in [0.29, 0.717) is 10.3 Å². The molecule has 0 radical (unpaired) electrons. The zero-order chi connectivity index (χ0) is 22.8.